The van der Waals surface area contributed by atoms with Crippen molar-refractivity contribution in [3.63, 3.8) is 0 Å². The summed E-state index contributed by atoms with van der Waals surface area (Å²) in [6.45, 7) is 3.98. The van der Waals surface area contributed by atoms with Crippen molar-refractivity contribution in [2.75, 3.05) is 19.0 Å². The first kappa shape index (κ1) is 8.91. The van der Waals surface area contributed by atoms with Crippen molar-refractivity contribution in [1.29, 1.82) is 0 Å². The van der Waals surface area contributed by atoms with Gasteiger partial charge in [0.15, 0.2) is 0 Å². The normalized spacial score (nSPS) is 10.0. The summed E-state index contributed by atoms with van der Waals surface area (Å²) in [6.07, 6.45) is 0. The molecule has 0 unspecified atom stereocenters. The van der Waals surface area contributed by atoms with Crippen molar-refractivity contribution >= 4 is 5.69 Å². The zero-order chi connectivity index (χ0) is 9.30. The SMILES string of the molecule is Cc1cc(C)c(N(C)C)c(O)c1. The third-order valence-electron chi connectivity index (χ3n) is 1.87. The van der Waals surface area contributed by atoms with Gasteiger partial charge in [-0.15, -0.1) is 0 Å². The molecule has 1 N–H and O–H groups in total. The molecule has 0 bridgehead atoms. The molecule has 1 aromatic carbocycles. The van der Waals surface area contributed by atoms with E-state index in [1.165, 1.54) is 0 Å². The van der Waals surface area contributed by atoms with Crippen molar-refractivity contribution < 1.29 is 5.11 Å². The van der Waals surface area contributed by atoms with E-state index < -0.39 is 0 Å². The maximum Gasteiger partial charge on any atom is 0.139 e. The Morgan fingerprint density at radius 1 is 1.17 bits per heavy atom. The number of anilines is 1. The quantitative estimate of drug-likeness (QED) is 0.688. The summed E-state index contributed by atoms with van der Waals surface area (Å²) >= 11 is 0. The van der Waals surface area contributed by atoms with Crippen LogP contribution in [0.15, 0.2) is 12.1 Å². The van der Waals surface area contributed by atoms with Crippen LogP contribution in [-0.2, 0) is 0 Å². The number of aromatic hydroxyl groups is 1. The van der Waals surface area contributed by atoms with E-state index in [0.717, 1.165) is 16.8 Å². The van der Waals surface area contributed by atoms with Crippen LogP contribution in [-0.4, -0.2) is 19.2 Å². The minimum absolute atomic E-state index is 0.359. The van der Waals surface area contributed by atoms with Gasteiger partial charge in [-0.1, -0.05) is 6.07 Å². The fourth-order valence-electron chi connectivity index (χ4n) is 1.52. The minimum Gasteiger partial charge on any atom is -0.506 e. The molecule has 2 nitrogen and oxygen atoms in total. The van der Waals surface area contributed by atoms with Crippen molar-refractivity contribution in [3.05, 3.63) is 23.3 Å². The van der Waals surface area contributed by atoms with E-state index in [2.05, 4.69) is 6.07 Å². The largest absolute Gasteiger partial charge is 0.506 e. The van der Waals surface area contributed by atoms with E-state index in [0.29, 0.717) is 5.75 Å². The standard InChI is InChI=1S/C10H15NO/c1-7-5-8(2)10(11(3)4)9(12)6-7/h5-6,12H,1-4H3. The summed E-state index contributed by atoms with van der Waals surface area (Å²) < 4.78 is 0. The Bertz CT molecular complexity index is 269. The van der Waals surface area contributed by atoms with Crippen LogP contribution in [0.3, 0.4) is 0 Å². The molecule has 0 heterocycles. The molecule has 0 aliphatic rings. The Hall–Kier alpha value is -1.18. The van der Waals surface area contributed by atoms with Gasteiger partial charge in [-0.05, 0) is 31.0 Å². The Kier molecular flexibility index (Phi) is 2.27. The first-order chi connectivity index (χ1) is 5.52. The van der Waals surface area contributed by atoms with E-state index in [9.17, 15) is 5.11 Å². The highest BCUT2D eigenvalue weighted by Crippen LogP contribution is 2.30. The van der Waals surface area contributed by atoms with E-state index in [4.69, 9.17) is 0 Å². The summed E-state index contributed by atoms with van der Waals surface area (Å²) in [5.74, 6) is 0.359. The van der Waals surface area contributed by atoms with Gasteiger partial charge < -0.3 is 10.0 Å². The highest BCUT2D eigenvalue weighted by molar-refractivity contribution is 5.63. The van der Waals surface area contributed by atoms with E-state index in [-0.39, 0.29) is 0 Å². The number of rotatable bonds is 1. The molecule has 0 saturated carbocycles. The van der Waals surface area contributed by atoms with Gasteiger partial charge >= 0.3 is 0 Å². The molecule has 0 atom stereocenters. The van der Waals surface area contributed by atoms with Gasteiger partial charge in [-0.25, -0.2) is 0 Å². The van der Waals surface area contributed by atoms with Gasteiger partial charge in [0.1, 0.15) is 5.75 Å². The molecule has 0 aliphatic carbocycles. The third kappa shape index (κ3) is 1.52. The average molecular weight is 165 g/mol. The molecule has 0 aromatic heterocycles. The van der Waals surface area contributed by atoms with Crippen LogP contribution >= 0.6 is 0 Å². The fourth-order valence-corrected chi connectivity index (χ4v) is 1.52. The molecule has 0 aliphatic heterocycles. The molecule has 66 valence electrons. The number of benzene rings is 1. The van der Waals surface area contributed by atoms with Gasteiger partial charge in [0.2, 0.25) is 0 Å². The molecule has 0 spiro atoms. The first-order valence-electron chi connectivity index (χ1n) is 4.00. The molecule has 0 saturated heterocycles. The van der Waals surface area contributed by atoms with Crippen molar-refractivity contribution in [2.24, 2.45) is 0 Å². The average Bonchev–Trinajstić information content (AvgIpc) is 1.82. The number of hydrogen-bond donors (Lipinski definition) is 1. The summed E-state index contributed by atoms with van der Waals surface area (Å²) in [4.78, 5) is 1.92. The van der Waals surface area contributed by atoms with Crippen molar-refractivity contribution in [3.8, 4) is 5.75 Å². The predicted octanol–water partition coefficient (Wildman–Crippen LogP) is 2.08. The van der Waals surface area contributed by atoms with Crippen molar-refractivity contribution in [2.45, 2.75) is 13.8 Å². The maximum atomic E-state index is 9.60. The zero-order valence-corrected chi connectivity index (χ0v) is 8.05. The van der Waals surface area contributed by atoms with Crippen LogP contribution < -0.4 is 4.90 Å². The van der Waals surface area contributed by atoms with E-state index in [1.807, 2.05) is 32.8 Å². The lowest BCUT2D eigenvalue weighted by Gasteiger charge is -2.17. The molecule has 1 aromatic rings. The second-order valence-corrected chi connectivity index (χ2v) is 3.34. The van der Waals surface area contributed by atoms with Crippen LogP contribution in [0.25, 0.3) is 0 Å². The number of phenolic OH excluding ortho intramolecular Hbond substituents is 1. The molecule has 0 fully saturated rings. The highest BCUT2D eigenvalue weighted by atomic mass is 16.3. The monoisotopic (exact) mass is 165 g/mol. The van der Waals surface area contributed by atoms with Crippen molar-refractivity contribution in [1.82, 2.24) is 0 Å². The van der Waals surface area contributed by atoms with Gasteiger partial charge in [0, 0.05) is 14.1 Å². The third-order valence-corrected chi connectivity index (χ3v) is 1.87. The molecule has 1 rings (SSSR count). The predicted molar refractivity (Wildman–Crippen MR) is 51.9 cm³/mol. The summed E-state index contributed by atoms with van der Waals surface area (Å²) in [7, 11) is 3.86. The Balaban J connectivity index is 3.28. The molecular formula is C10H15NO. The summed E-state index contributed by atoms with van der Waals surface area (Å²) in [6, 6.07) is 3.84. The number of aryl methyl sites for hydroxylation is 2. The fraction of sp³-hybridized carbons (Fsp3) is 0.400. The molecular weight excluding hydrogens is 150 g/mol. The number of hydrogen-bond acceptors (Lipinski definition) is 2. The molecule has 0 radical (unpaired) electrons. The highest BCUT2D eigenvalue weighted by Gasteiger charge is 2.06. The van der Waals surface area contributed by atoms with E-state index >= 15 is 0 Å². The van der Waals surface area contributed by atoms with Crippen LogP contribution in [0.4, 0.5) is 5.69 Å². The molecule has 2 heteroatoms. The summed E-state index contributed by atoms with van der Waals surface area (Å²) in [5.41, 5.74) is 3.11. The van der Waals surface area contributed by atoms with Crippen LogP contribution in [0.1, 0.15) is 11.1 Å². The smallest absolute Gasteiger partial charge is 0.139 e. The Morgan fingerprint density at radius 3 is 2.17 bits per heavy atom. The molecule has 12 heavy (non-hydrogen) atoms. The number of phenols is 1. The minimum atomic E-state index is 0.359. The second-order valence-electron chi connectivity index (χ2n) is 3.34. The van der Waals surface area contributed by atoms with Gasteiger partial charge in [0.05, 0.1) is 5.69 Å². The summed E-state index contributed by atoms with van der Waals surface area (Å²) in [5, 5.41) is 9.60. The van der Waals surface area contributed by atoms with E-state index in [1.54, 1.807) is 6.07 Å². The van der Waals surface area contributed by atoms with Gasteiger partial charge in [-0.3, -0.25) is 0 Å². The van der Waals surface area contributed by atoms with Crippen LogP contribution in [0, 0.1) is 13.8 Å². The Labute approximate surface area is 73.4 Å². The topological polar surface area (TPSA) is 23.5 Å². The first-order valence-corrected chi connectivity index (χ1v) is 4.00. The second kappa shape index (κ2) is 3.05. The zero-order valence-electron chi connectivity index (χ0n) is 8.05. The maximum absolute atomic E-state index is 9.60. The lowest BCUT2D eigenvalue weighted by atomic mass is 10.1. The lowest BCUT2D eigenvalue weighted by molar-refractivity contribution is 0.475. The lowest BCUT2D eigenvalue weighted by Crippen LogP contribution is -2.10. The van der Waals surface area contributed by atoms with Gasteiger partial charge in [0.25, 0.3) is 0 Å². The van der Waals surface area contributed by atoms with Crippen LogP contribution in [0.5, 0.6) is 5.75 Å². The Morgan fingerprint density at radius 2 is 1.75 bits per heavy atom. The van der Waals surface area contributed by atoms with Crippen LogP contribution in [0.2, 0.25) is 0 Å². The molecule has 0 amide bonds. The van der Waals surface area contributed by atoms with Gasteiger partial charge in [-0.2, -0.15) is 0 Å². The number of nitrogens with zero attached hydrogens (tertiary/aromatic N) is 1.